The minimum Gasteiger partial charge on any atom is -0.497 e. The summed E-state index contributed by atoms with van der Waals surface area (Å²) in [6.45, 7) is 23.1. The molecule has 0 bridgehead atoms. The topological polar surface area (TPSA) is 122 Å². The first-order chi connectivity index (χ1) is 29.2. The van der Waals surface area contributed by atoms with E-state index in [1.807, 2.05) is 72.8 Å². The molecule has 1 aromatic heterocycles. The Kier molecular flexibility index (Phi) is 12.7. The summed E-state index contributed by atoms with van der Waals surface area (Å²) in [5, 5.41) is 22.6. The van der Waals surface area contributed by atoms with Crippen LogP contribution in [-0.4, -0.2) is 24.4 Å². The molecule has 2 N–H and O–H groups in total. The average Bonchev–Trinajstić information content (AvgIpc) is 3.55. The van der Waals surface area contributed by atoms with Gasteiger partial charge in [0.15, 0.2) is 11.5 Å². The third-order valence-corrected chi connectivity index (χ3v) is 12.8. The molecular formula is C50H60O10P2. The maximum absolute atomic E-state index is 10.6. The lowest BCUT2D eigenvalue weighted by atomic mass is 9.83. The molecule has 1 aliphatic heterocycles. The van der Waals surface area contributed by atoms with Crippen LogP contribution in [0.15, 0.2) is 81.2 Å². The molecule has 0 fully saturated rings. The van der Waals surface area contributed by atoms with Crippen LogP contribution in [0.5, 0.6) is 34.5 Å². The van der Waals surface area contributed by atoms with Gasteiger partial charge in [-0.1, -0.05) is 88.3 Å². The molecule has 1 aliphatic rings. The van der Waals surface area contributed by atoms with Crippen molar-refractivity contribution in [1.29, 1.82) is 0 Å². The van der Waals surface area contributed by atoms with E-state index in [9.17, 15) is 10.2 Å². The first kappa shape index (κ1) is 45.2. The summed E-state index contributed by atoms with van der Waals surface area (Å²) in [5.41, 5.74) is 6.29. The summed E-state index contributed by atoms with van der Waals surface area (Å²) in [6.07, 6.45) is 0.636. The van der Waals surface area contributed by atoms with Crippen LogP contribution in [0.25, 0.3) is 33.1 Å². The molecule has 0 saturated heterocycles. The van der Waals surface area contributed by atoms with Gasteiger partial charge in [-0.2, -0.15) is 0 Å². The van der Waals surface area contributed by atoms with E-state index in [0.717, 1.165) is 44.2 Å². The van der Waals surface area contributed by atoms with Gasteiger partial charge in [0.1, 0.15) is 34.2 Å². The van der Waals surface area contributed by atoms with Gasteiger partial charge in [0.05, 0.1) is 27.4 Å². The fourth-order valence-electron chi connectivity index (χ4n) is 7.70. The standard InChI is InChI=1S/C50H60O10P2/c1-29(2)18-32-23-33(53-12)24-37(38-25-34(54-13)26-41(50(9,10)11)47(38)58-61-55-42-16-14-15-17-43(42)56-61)44(32)57-62-59-45-35(19-30(27-51)21-39(45)48(3,4)5)36-20-31(28-52)22-40(46(36)60-62)49(6,7)8/h14-17,19-26,29,51-52H,18,27-28H2,1-13H3. The quantitative estimate of drug-likeness (QED) is 0.122. The van der Waals surface area contributed by atoms with Crippen molar-refractivity contribution in [3.8, 4) is 45.6 Å². The predicted molar refractivity (Wildman–Crippen MR) is 249 cm³/mol. The summed E-state index contributed by atoms with van der Waals surface area (Å²) in [7, 11) is -0.822. The predicted octanol–water partition coefficient (Wildman–Crippen LogP) is 14.0. The van der Waals surface area contributed by atoms with Crippen molar-refractivity contribution >= 4 is 38.8 Å². The number of methoxy groups -OCH3 is 2. The van der Waals surface area contributed by atoms with Gasteiger partial charge in [-0.25, -0.2) is 0 Å². The second kappa shape index (κ2) is 17.4. The summed E-state index contributed by atoms with van der Waals surface area (Å²) in [5.74, 6) is 3.79. The first-order valence-corrected chi connectivity index (χ1v) is 23.2. The molecule has 5 aromatic carbocycles. The second-order valence-electron chi connectivity index (χ2n) is 19.4. The lowest BCUT2D eigenvalue weighted by molar-refractivity contribution is 0.281. The molecular weight excluding hydrogens is 822 g/mol. The van der Waals surface area contributed by atoms with Crippen molar-refractivity contribution in [2.45, 2.75) is 112 Å². The van der Waals surface area contributed by atoms with E-state index in [4.69, 9.17) is 36.0 Å². The van der Waals surface area contributed by atoms with Crippen molar-refractivity contribution in [2.24, 2.45) is 5.92 Å². The number of fused-ring (bicyclic) bond motifs is 4. The molecule has 0 radical (unpaired) electrons. The molecule has 10 nitrogen and oxygen atoms in total. The number of hydrogen-bond acceptors (Lipinski definition) is 10. The molecule has 0 saturated carbocycles. The maximum Gasteiger partial charge on any atom is 0.530 e. The van der Waals surface area contributed by atoms with Gasteiger partial charge >= 0.3 is 16.8 Å². The third-order valence-electron chi connectivity index (χ3n) is 10.8. The van der Waals surface area contributed by atoms with E-state index < -0.39 is 33.1 Å². The number of aliphatic hydroxyl groups excluding tert-OH is 2. The largest absolute Gasteiger partial charge is 0.530 e. The number of para-hydroxylation sites is 2. The molecule has 0 spiro atoms. The molecule has 62 heavy (non-hydrogen) atoms. The summed E-state index contributed by atoms with van der Waals surface area (Å²) < 4.78 is 52.9. The monoisotopic (exact) mass is 882 g/mol. The van der Waals surface area contributed by atoms with Crippen LogP contribution < -0.4 is 27.6 Å². The van der Waals surface area contributed by atoms with Gasteiger partial charge in [0, 0.05) is 38.6 Å². The fraction of sp³-hybridized carbons (Fsp3) is 0.400. The zero-order chi connectivity index (χ0) is 44.9. The Hall–Kier alpha value is -4.85. The normalized spacial score (nSPS) is 13.3. The highest BCUT2D eigenvalue weighted by Crippen LogP contribution is 2.57. The molecule has 0 aliphatic carbocycles. The van der Waals surface area contributed by atoms with Crippen LogP contribution in [-0.2, 0) is 35.9 Å². The van der Waals surface area contributed by atoms with E-state index in [1.54, 1.807) is 14.2 Å². The van der Waals surface area contributed by atoms with Crippen LogP contribution in [0.2, 0.25) is 0 Å². The summed E-state index contributed by atoms with van der Waals surface area (Å²) >= 11 is 0. The highest BCUT2D eigenvalue weighted by molar-refractivity contribution is 7.43. The van der Waals surface area contributed by atoms with Gasteiger partial charge in [-0.3, -0.25) is 0 Å². The Morgan fingerprint density at radius 1 is 0.581 bits per heavy atom. The van der Waals surface area contributed by atoms with Crippen LogP contribution in [0, 0.1) is 5.92 Å². The van der Waals surface area contributed by atoms with E-state index in [2.05, 4.69) is 76.2 Å². The van der Waals surface area contributed by atoms with Crippen molar-refractivity contribution < 1.29 is 46.2 Å². The Morgan fingerprint density at radius 2 is 1.05 bits per heavy atom. The Balaban J connectivity index is 1.58. The van der Waals surface area contributed by atoms with Gasteiger partial charge in [-0.15, -0.1) is 0 Å². The molecule has 0 amide bonds. The molecule has 12 heteroatoms. The van der Waals surface area contributed by atoms with E-state index in [-0.39, 0.29) is 19.1 Å². The van der Waals surface area contributed by atoms with Crippen molar-refractivity contribution in [3.63, 3.8) is 0 Å². The fourth-order valence-corrected chi connectivity index (χ4v) is 9.94. The molecule has 0 atom stereocenters. The Labute approximate surface area is 367 Å². The molecule has 2 heterocycles. The lowest BCUT2D eigenvalue weighted by Crippen LogP contribution is -2.14. The minimum atomic E-state index is -2.24. The van der Waals surface area contributed by atoms with E-state index in [0.29, 0.717) is 63.2 Å². The molecule has 7 rings (SSSR count). The molecule has 330 valence electrons. The first-order valence-electron chi connectivity index (χ1n) is 21.0. The van der Waals surface area contributed by atoms with Gasteiger partial charge in [-0.05, 0) is 106 Å². The second-order valence-corrected chi connectivity index (χ2v) is 21.4. The SMILES string of the molecule is COc1cc(CC(C)C)c(Op2oc3c(C(C)(C)C)cc(CO)cc3c3cc(CO)cc(C(C)(C)C)c3o2)c(-c2cc(OC)cc(C(C)(C)C)c2OP2Oc3ccccc3O2)c1. The number of rotatable bonds is 11. The van der Waals surface area contributed by atoms with E-state index >= 15 is 0 Å². The molecule has 0 unspecified atom stereocenters. The number of hydrogen-bond donors (Lipinski definition) is 2. The number of benzene rings is 5. The van der Waals surface area contributed by atoms with Gasteiger partial charge in [0.25, 0.3) is 0 Å². The third kappa shape index (κ3) is 9.26. The zero-order valence-electron chi connectivity index (χ0n) is 38.2. The van der Waals surface area contributed by atoms with Crippen LogP contribution in [0.1, 0.15) is 110 Å². The smallest absolute Gasteiger partial charge is 0.497 e. The number of aliphatic hydroxyl groups is 2. The highest BCUT2D eigenvalue weighted by Gasteiger charge is 2.35. The van der Waals surface area contributed by atoms with Crippen molar-refractivity contribution in [3.05, 3.63) is 106 Å². The Morgan fingerprint density at radius 3 is 1.48 bits per heavy atom. The average molecular weight is 883 g/mol. The highest BCUT2D eigenvalue weighted by atomic mass is 31.2. The minimum absolute atomic E-state index is 0.163. The van der Waals surface area contributed by atoms with Crippen LogP contribution >= 0.6 is 16.8 Å². The van der Waals surface area contributed by atoms with E-state index in [1.165, 1.54) is 0 Å². The molecule has 6 aromatic rings. The number of ether oxygens (including phenoxy) is 2. The van der Waals surface area contributed by atoms with Crippen molar-refractivity contribution in [1.82, 2.24) is 0 Å². The maximum atomic E-state index is 10.6. The van der Waals surface area contributed by atoms with Crippen LogP contribution in [0.3, 0.4) is 0 Å². The zero-order valence-corrected chi connectivity index (χ0v) is 40.0. The van der Waals surface area contributed by atoms with Crippen molar-refractivity contribution in [2.75, 3.05) is 14.2 Å². The van der Waals surface area contributed by atoms with Crippen LogP contribution in [0.4, 0.5) is 0 Å². The summed E-state index contributed by atoms with van der Waals surface area (Å²) in [6, 6.07) is 23.3. The van der Waals surface area contributed by atoms with Gasteiger partial charge < -0.3 is 46.2 Å². The lowest BCUT2D eigenvalue weighted by Gasteiger charge is -2.27. The Bertz CT molecular complexity index is 2550. The van der Waals surface area contributed by atoms with Gasteiger partial charge in [0.2, 0.25) is 0 Å². The summed E-state index contributed by atoms with van der Waals surface area (Å²) in [4.78, 5) is 0.